The van der Waals surface area contributed by atoms with Crippen molar-refractivity contribution in [2.24, 2.45) is 0 Å². The van der Waals surface area contributed by atoms with Gasteiger partial charge in [-0.3, -0.25) is 9.48 Å². The van der Waals surface area contributed by atoms with Gasteiger partial charge in [0.05, 0.1) is 28.4 Å². The molecule has 1 aliphatic heterocycles. The molecule has 2 heterocycles. The number of hydrogen-bond acceptors (Lipinski definition) is 3. The SMILES string of the molecule is O=C(O)c1cnn(C2CCN(C(=O)c3ccccc3Cl)CC2)c1. The smallest absolute Gasteiger partial charge is 0.338 e. The Kier molecular flexibility index (Phi) is 4.34. The first-order valence-electron chi connectivity index (χ1n) is 7.37. The summed E-state index contributed by atoms with van der Waals surface area (Å²) in [5, 5.41) is 13.5. The van der Waals surface area contributed by atoms with Gasteiger partial charge in [-0.05, 0) is 25.0 Å². The first kappa shape index (κ1) is 15.6. The molecular weight excluding hydrogens is 318 g/mol. The van der Waals surface area contributed by atoms with Crippen molar-refractivity contribution in [2.75, 3.05) is 13.1 Å². The maximum absolute atomic E-state index is 12.5. The van der Waals surface area contributed by atoms with Crippen LogP contribution in [0.4, 0.5) is 0 Å². The summed E-state index contributed by atoms with van der Waals surface area (Å²) in [4.78, 5) is 25.2. The Morgan fingerprint density at radius 2 is 1.91 bits per heavy atom. The lowest BCUT2D eigenvalue weighted by Crippen LogP contribution is -2.39. The Balaban J connectivity index is 1.65. The average Bonchev–Trinajstić information content (AvgIpc) is 3.05. The molecule has 1 aromatic heterocycles. The van der Waals surface area contributed by atoms with Gasteiger partial charge in [0.1, 0.15) is 0 Å². The van der Waals surface area contributed by atoms with Gasteiger partial charge in [0.2, 0.25) is 0 Å². The summed E-state index contributed by atoms with van der Waals surface area (Å²) >= 11 is 6.08. The summed E-state index contributed by atoms with van der Waals surface area (Å²) in [5.74, 6) is -1.05. The number of piperidine rings is 1. The van der Waals surface area contributed by atoms with Crippen LogP contribution in [0.5, 0.6) is 0 Å². The fraction of sp³-hybridized carbons (Fsp3) is 0.312. The van der Waals surface area contributed by atoms with Crippen molar-refractivity contribution in [1.29, 1.82) is 0 Å². The zero-order valence-electron chi connectivity index (χ0n) is 12.4. The van der Waals surface area contributed by atoms with Crippen LogP contribution in [-0.4, -0.2) is 44.8 Å². The second kappa shape index (κ2) is 6.42. The van der Waals surface area contributed by atoms with E-state index in [0.29, 0.717) is 23.7 Å². The highest BCUT2D eigenvalue weighted by Crippen LogP contribution is 2.25. The van der Waals surface area contributed by atoms with Gasteiger partial charge in [-0.25, -0.2) is 4.79 Å². The van der Waals surface area contributed by atoms with Gasteiger partial charge in [0.25, 0.3) is 5.91 Å². The van der Waals surface area contributed by atoms with E-state index in [1.165, 1.54) is 6.20 Å². The van der Waals surface area contributed by atoms with E-state index in [2.05, 4.69) is 5.10 Å². The van der Waals surface area contributed by atoms with Crippen LogP contribution in [0.2, 0.25) is 5.02 Å². The first-order chi connectivity index (χ1) is 11.1. The van der Waals surface area contributed by atoms with E-state index in [1.807, 2.05) is 0 Å². The van der Waals surface area contributed by atoms with Gasteiger partial charge < -0.3 is 10.0 Å². The van der Waals surface area contributed by atoms with E-state index in [0.717, 1.165) is 12.8 Å². The van der Waals surface area contributed by atoms with Crippen LogP contribution in [-0.2, 0) is 0 Å². The van der Waals surface area contributed by atoms with Gasteiger partial charge in [-0.1, -0.05) is 23.7 Å². The predicted octanol–water partition coefficient (Wildman–Crippen LogP) is 2.71. The van der Waals surface area contributed by atoms with Gasteiger partial charge in [0.15, 0.2) is 0 Å². The average molecular weight is 334 g/mol. The quantitative estimate of drug-likeness (QED) is 0.937. The number of carboxylic acid groups (broad SMARTS) is 1. The van der Waals surface area contributed by atoms with Gasteiger partial charge in [0, 0.05) is 19.3 Å². The number of carbonyl (C=O) groups excluding carboxylic acids is 1. The number of halogens is 1. The zero-order chi connectivity index (χ0) is 16.4. The summed E-state index contributed by atoms with van der Waals surface area (Å²) in [6.45, 7) is 1.19. The number of benzene rings is 1. The Labute approximate surface area is 138 Å². The van der Waals surface area contributed by atoms with Gasteiger partial charge in [-0.15, -0.1) is 0 Å². The van der Waals surface area contributed by atoms with Crippen molar-refractivity contribution >= 4 is 23.5 Å². The normalized spacial score (nSPS) is 15.6. The van der Waals surface area contributed by atoms with E-state index in [9.17, 15) is 9.59 Å². The third kappa shape index (κ3) is 3.22. The molecule has 120 valence electrons. The summed E-state index contributed by atoms with van der Waals surface area (Å²) < 4.78 is 1.68. The number of rotatable bonds is 3. The molecule has 0 unspecified atom stereocenters. The summed E-state index contributed by atoms with van der Waals surface area (Å²) in [6, 6.07) is 7.13. The molecule has 1 aromatic carbocycles. The number of amides is 1. The molecule has 1 aliphatic rings. The van der Waals surface area contributed by atoms with Crippen molar-refractivity contribution in [1.82, 2.24) is 14.7 Å². The Bertz CT molecular complexity index is 736. The van der Waals surface area contributed by atoms with Crippen molar-refractivity contribution in [3.8, 4) is 0 Å². The van der Waals surface area contributed by atoms with Crippen LogP contribution >= 0.6 is 11.6 Å². The molecule has 0 atom stereocenters. The lowest BCUT2D eigenvalue weighted by molar-refractivity contribution is 0.0688. The standard InChI is InChI=1S/C16H16ClN3O3/c17-14-4-2-1-3-13(14)15(21)19-7-5-12(6-8-19)20-10-11(9-18-20)16(22)23/h1-4,9-10,12H,5-8H2,(H,22,23). The third-order valence-electron chi connectivity index (χ3n) is 4.08. The van der Waals surface area contributed by atoms with Crippen LogP contribution in [0.15, 0.2) is 36.7 Å². The fourth-order valence-electron chi connectivity index (χ4n) is 2.79. The molecule has 23 heavy (non-hydrogen) atoms. The summed E-state index contributed by atoms with van der Waals surface area (Å²) in [6.07, 6.45) is 4.36. The Morgan fingerprint density at radius 3 is 2.52 bits per heavy atom. The van der Waals surface area contributed by atoms with Crippen LogP contribution in [0, 0.1) is 0 Å². The minimum atomic E-state index is -0.984. The van der Waals surface area contributed by atoms with Crippen molar-refractivity contribution in [2.45, 2.75) is 18.9 Å². The molecule has 7 heteroatoms. The number of nitrogens with zero attached hydrogens (tertiary/aromatic N) is 3. The molecule has 0 spiro atoms. The van der Waals surface area contributed by atoms with E-state index in [4.69, 9.17) is 16.7 Å². The maximum Gasteiger partial charge on any atom is 0.338 e. The highest BCUT2D eigenvalue weighted by molar-refractivity contribution is 6.33. The highest BCUT2D eigenvalue weighted by atomic mass is 35.5. The van der Waals surface area contributed by atoms with Gasteiger partial charge >= 0.3 is 5.97 Å². The number of aromatic carboxylic acids is 1. The first-order valence-corrected chi connectivity index (χ1v) is 7.75. The second-order valence-corrected chi connectivity index (χ2v) is 5.92. The number of aromatic nitrogens is 2. The van der Waals surface area contributed by atoms with E-state index < -0.39 is 5.97 Å². The minimum absolute atomic E-state index is 0.0688. The summed E-state index contributed by atoms with van der Waals surface area (Å²) in [7, 11) is 0. The minimum Gasteiger partial charge on any atom is -0.478 e. The molecule has 1 fully saturated rings. The van der Waals surface area contributed by atoms with Crippen LogP contribution in [0.1, 0.15) is 39.6 Å². The molecule has 0 saturated carbocycles. The molecule has 2 aromatic rings. The van der Waals surface area contributed by atoms with Crippen molar-refractivity contribution in [3.63, 3.8) is 0 Å². The number of carboxylic acids is 1. The van der Waals surface area contributed by atoms with Crippen molar-refractivity contribution < 1.29 is 14.7 Å². The Hall–Kier alpha value is -2.34. The van der Waals surface area contributed by atoms with Gasteiger partial charge in [-0.2, -0.15) is 5.10 Å². The van der Waals surface area contributed by atoms with E-state index >= 15 is 0 Å². The van der Waals surface area contributed by atoms with E-state index in [-0.39, 0.29) is 17.5 Å². The van der Waals surface area contributed by atoms with Crippen molar-refractivity contribution in [3.05, 3.63) is 52.8 Å². The van der Waals surface area contributed by atoms with Crippen LogP contribution in [0.3, 0.4) is 0 Å². The third-order valence-corrected chi connectivity index (χ3v) is 4.41. The largest absolute Gasteiger partial charge is 0.478 e. The molecule has 0 aliphatic carbocycles. The number of carbonyl (C=O) groups is 2. The lowest BCUT2D eigenvalue weighted by atomic mass is 10.0. The van der Waals surface area contributed by atoms with Crippen LogP contribution < -0.4 is 0 Å². The lowest BCUT2D eigenvalue weighted by Gasteiger charge is -2.32. The highest BCUT2D eigenvalue weighted by Gasteiger charge is 2.26. The predicted molar refractivity (Wildman–Crippen MR) is 84.8 cm³/mol. The topological polar surface area (TPSA) is 75.4 Å². The monoisotopic (exact) mass is 333 g/mol. The Morgan fingerprint density at radius 1 is 1.22 bits per heavy atom. The molecule has 0 radical (unpaired) electrons. The molecule has 6 nitrogen and oxygen atoms in total. The molecule has 1 saturated heterocycles. The fourth-order valence-corrected chi connectivity index (χ4v) is 3.00. The van der Waals surface area contributed by atoms with E-state index in [1.54, 1.807) is 40.0 Å². The number of likely N-dealkylation sites (tertiary alicyclic amines) is 1. The molecular formula is C16H16ClN3O3. The second-order valence-electron chi connectivity index (χ2n) is 5.52. The molecule has 1 N–H and O–H groups in total. The molecule has 3 rings (SSSR count). The van der Waals surface area contributed by atoms with Crippen LogP contribution in [0.25, 0.3) is 0 Å². The summed E-state index contributed by atoms with van der Waals surface area (Å²) in [5.41, 5.74) is 0.694. The number of hydrogen-bond donors (Lipinski definition) is 1. The zero-order valence-corrected chi connectivity index (χ0v) is 13.1. The maximum atomic E-state index is 12.5. The molecule has 0 bridgehead atoms. The molecule has 1 amide bonds.